The van der Waals surface area contributed by atoms with Crippen molar-refractivity contribution in [3.8, 4) is 0 Å². The molecule has 108 valence electrons. The molecule has 0 saturated carbocycles. The van der Waals surface area contributed by atoms with Gasteiger partial charge in [-0.25, -0.2) is 4.98 Å². The van der Waals surface area contributed by atoms with Crippen molar-refractivity contribution in [2.24, 2.45) is 0 Å². The Morgan fingerprint density at radius 2 is 2.33 bits per heavy atom. The molecular formula is C16H17N3O2. The molecule has 3 aromatic heterocycles. The Morgan fingerprint density at radius 3 is 3.14 bits per heavy atom. The Bertz CT molecular complexity index is 744. The first-order chi connectivity index (χ1) is 10.2. The van der Waals surface area contributed by atoms with Gasteiger partial charge < -0.3 is 14.1 Å². The Balaban J connectivity index is 1.54. The number of furan rings is 1. The second-order valence-electron chi connectivity index (χ2n) is 5.06. The molecule has 1 amide bonds. The van der Waals surface area contributed by atoms with Gasteiger partial charge in [0, 0.05) is 25.2 Å². The molecule has 21 heavy (non-hydrogen) atoms. The zero-order chi connectivity index (χ0) is 14.7. The fourth-order valence-electron chi connectivity index (χ4n) is 2.19. The number of imidazole rings is 1. The van der Waals surface area contributed by atoms with Crippen LogP contribution in [0.4, 0.5) is 0 Å². The molecule has 1 N–H and O–H groups in total. The van der Waals surface area contributed by atoms with E-state index in [4.69, 9.17) is 4.42 Å². The van der Waals surface area contributed by atoms with E-state index in [9.17, 15) is 4.79 Å². The van der Waals surface area contributed by atoms with Crippen LogP contribution in [0.1, 0.15) is 23.4 Å². The zero-order valence-electron chi connectivity index (χ0n) is 11.9. The summed E-state index contributed by atoms with van der Waals surface area (Å²) in [5.41, 5.74) is 2.92. The van der Waals surface area contributed by atoms with Crippen LogP contribution in [0, 0.1) is 6.92 Å². The molecule has 0 atom stereocenters. The van der Waals surface area contributed by atoms with E-state index in [2.05, 4.69) is 10.3 Å². The number of amides is 1. The van der Waals surface area contributed by atoms with Gasteiger partial charge in [0.2, 0.25) is 5.91 Å². The predicted octanol–water partition coefficient (Wildman–Crippen LogP) is 2.48. The molecule has 3 heterocycles. The number of fused-ring (bicyclic) bond motifs is 1. The van der Waals surface area contributed by atoms with E-state index in [0.717, 1.165) is 17.1 Å². The van der Waals surface area contributed by atoms with E-state index in [1.807, 2.05) is 48.0 Å². The molecule has 0 saturated heterocycles. The van der Waals surface area contributed by atoms with Crippen molar-refractivity contribution in [2.45, 2.75) is 26.3 Å². The predicted molar refractivity (Wildman–Crippen MR) is 78.8 cm³/mol. The third-order valence-corrected chi connectivity index (χ3v) is 3.31. The molecule has 0 spiro atoms. The van der Waals surface area contributed by atoms with Gasteiger partial charge in [-0.15, -0.1) is 0 Å². The maximum absolute atomic E-state index is 11.8. The minimum absolute atomic E-state index is 0.000336. The number of aryl methyl sites for hydroxylation is 2. The highest BCUT2D eigenvalue weighted by molar-refractivity contribution is 5.76. The van der Waals surface area contributed by atoms with Crippen LogP contribution >= 0.6 is 0 Å². The van der Waals surface area contributed by atoms with Crippen LogP contribution in [0.25, 0.3) is 5.65 Å². The van der Waals surface area contributed by atoms with Crippen molar-refractivity contribution >= 4 is 11.6 Å². The number of hydrogen-bond donors (Lipinski definition) is 1. The first-order valence-corrected chi connectivity index (χ1v) is 6.94. The average molecular weight is 283 g/mol. The van der Waals surface area contributed by atoms with Crippen molar-refractivity contribution in [2.75, 3.05) is 0 Å². The number of nitrogens with one attached hydrogen (secondary N) is 1. The highest BCUT2D eigenvalue weighted by Crippen LogP contribution is 2.08. The van der Waals surface area contributed by atoms with Gasteiger partial charge in [0.15, 0.2) is 0 Å². The third-order valence-electron chi connectivity index (χ3n) is 3.31. The van der Waals surface area contributed by atoms with Crippen LogP contribution in [0.5, 0.6) is 0 Å². The summed E-state index contributed by atoms with van der Waals surface area (Å²) in [4.78, 5) is 16.3. The zero-order valence-corrected chi connectivity index (χ0v) is 11.9. The van der Waals surface area contributed by atoms with Crippen LogP contribution < -0.4 is 5.32 Å². The van der Waals surface area contributed by atoms with E-state index >= 15 is 0 Å². The second kappa shape index (κ2) is 5.83. The molecule has 0 aliphatic carbocycles. The highest BCUT2D eigenvalue weighted by atomic mass is 16.3. The molecule has 3 rings (SSSR count). The topological polar surface area (TPSA) is 59.5 Å². The van der Waals surface area contributed by atoms with E-state index in [0.29, 0.717) is 19.4 Å². The summed E-state index contributed by atoms with van der Waals surface area (Å²) in [6.45, 7) is 2.47. The minimum atomic E-state index is -0.000336. The summed E-state index contributed by atoms with van der Waals surface area (Å²) < 4.78 is 7.16. The summed E-state index contributed by atoms with van der Waals surface area (Å²) in [7, 11) is 0. The van der Waals surface area contributed by atoms with Crippen molar-refractivity contribution < 1.29 is 9.21 Å². The Morgan fingerprint density at radius 1 is 1.43 bits per heavy atom. The molecule has 3 aromatic rings. The fraction of sp³-hybridized carbons (Fsp3) is 0.250. The van der Waals surface area contributed by atoms with Gasteiger partial charge in [0.25, 0.3) is 0 Å². The smallest absolute Gasteiger partial charge is 0.220 e. The summed E-state index contributed by atoms with van der Waals surface area (Å²) in [5, 5.41) is 2.88. The maximum Gasteiger partial charge on any atom is 0.220 e. The molecule has 0 bridgehead atoms. The lowest BCUT2D eigenvalue weighted by molar-refractivity contribution is -0.121. The molecule has 0 unspecified atom stereocenters. The average Bonchev–Trinajstić information content (AvgIpc) is 3.11. The summed E-state index contributed by atoms with van der Waals surface area (Å²) in [5.74, 6) is 0.827. The normalized spacial score (nSPS) is 10.9. The first kappa shape index (κ1) is 13.4. The molecule has 5 heteroatoms. The van der Waals surface area contributed by atoms with E-state index in [1.165, 1.54) is 5.56 Å². The van der Waals surface area contributed by atoms with Crippen LogP contribution in [0.15, 0.2) is 47.3 Å². The number of hydrogen-bond acceptors (Lipinski definition) is 3. The van der Waals surface area contributed by atoms with E-state index < -0.39 is 0 Å². The van der Waals surface area contributed by atoms with Gasteiger partial charge in [-0.05, 0) is 36.8 Å². The lowest BCUT2D eigenvalue weighted by atomic mass is 10.2. The SMILES string of the molecule is Cc1ccn2cc(CNC(=O)CCc3ccco3)nc2c1. The Hall–Kier alpha value is -2.56. The van der Waals surface area contributed by atoms with Crippen molar-refractivity contribution in [1.29, 1.82) is 0 Å². The van der Waals surface area contributed by atoms with E-state index in [1.54, 1.807) is 6.26 Å². The quantitative estimate of drug-likeness (QED) is 0.782. The van der Waals surface area contributed by atoms with Crippen LogP contribution in [0.3, 0.4) is 0 Å². The van der Waals surface area contributed by atoms with E-state index in [-0.39, 0.29) is 5.91 Å². The van der Waals surface area contributed by atoms with Gasteiger partial charge in [-0.2, -0.15) is 0 Å². The Kier molecular flexibility index (Phi) is 3.73. The lowest BCUT2D eigenvalue weighted by Gasteiger charge is -2.01. The van der Waals surface area contributed by atoms with Gasteiger partial charge in [0.1, 0.15) is 11.4 Å². The third kappa shape index (κ3) is 3.31. The second-order valence-corrected chi connectivity index (χ2v) is 5.06. The van der Waals surface area contributed by atoms with Gasteiger partial charge >= 0.3 is 0 Å². The monoisotopic (exact) mass is 283 g/mol. The number of nitrogens with zero attached hydrogens (tertiary/aromatic N) is 2. The van der Waals surface area contributed by atoms with Crippen molar-refractivity contribution in [3.63, 3.8) is 0 Å². The molecule has 5 nitrogen and oxygen atoms in total. The molecule has 0 aromatic carbocycles. The molecule has 0 aliphatic rings. The number of aromatic nitrogens is 2. The summed E-state index contributed by atoms with van der Waals surface area (Å²) in [6, 6.07) is 7.74. The highest BCUT2D eigenvalue weighted by Gasteiger charge is 2.06. The van der Waals surface area contributed by atoms with Crippen LogP contribution in [0.2, 0.25) is 0 Å². The number of carbonyl (C=O) groups is 1. The first-order valence-electron chi connectivity index (χ1n) is 6.94. The van der Waals surface area contributed by atoms with Gasteiger partial charge in [-0.1, -0.05) is 0 Å². The minimum Gasteiger partial charge on any atom is -0.469 e. The molecule has 0 fully saturated rings. The fourth-order valence-corrected chi connectivity index (χ4v) is 2.19. The number of rotatable bonds is 5. The molecule has 0 aliphatic heterocycles. The Labute approximate surface area is 122 Å². The summed E-state index contributed by atoms with van der Waals surface area (Å²) in [6.07, 6.45) is 6.55. The maximum atomic E-state index is 11.8. The standard InChI is InChI=1S/C16H17N3O2/c1-12-6-7-19-11-13(18-15(19)9-12)10-17-16(20)5-4-14-3-2-8-21-14/h2-3,6-9,11H,4-5,10H2,1H3,(H,17,20). The van der Waals surface area contributed by atoms with Gasteiger partial charge in [-0.3, -0.25) is 4.79 Å². The van der Waals surface area contributed by atoms with Crippen molar-refractivity contribution in [1.82, 2.24) is 14.7 Å². The molecule has 0 radical (unpaired) electrons. The summed E-state index contributed by atoms with van der Waals surface area (Å²) >= 11 is 0. The van der Waals surface area contributed by atoms with Crippen LogP contribution in [-0.4, -0.2) is 15.3 Å². The number of carbonyl (C=O) groups excluding carboxylic acids is 1. The van der Waals surface area contributed by atoms with Crippen molar-refractivity contribution in [3.05, 3.63) is 59.9 Å². The largest absolute Gasteiger partial charge is 0.469 e. The van der Waals surface area contributed by atoms with Gasteiger partial charge in [0.05, 0.1) is 18.5 Å². The van der Waals surface area contributed by atoms with Crippen LogP contribution in [-0.2, 0) is 17.8 Å². The number of pyridine rings is 1. The lowest BCUT2D eigenvalue weighted by Crippen LogP contribution is -2.23. The molecular weight excluding hydrogens is 266 g/mol.